The number of rotatable bonds is 12. The molecule has 0 aliphatic carbocycles. The number of benzene rings is 2. The molecule has 2 aromatic carbocycles. The first-order valence-electron chi connectivity index (χ1n) is 12.2. The maximum absolute atomic E-state index is 13.3. The van der Waals surface area contributed by atoms with Gasteiger partial charge in [0.05, 0.1) is 4.90 Å². The summed E-state index contributed by atoms with van der Waals surface area (Å²) < 4.78 is 40.3. The van der Waals surface area contributed by atoms with Crippen molar-refractivity contribution in [2.45, 2.75) is 56.5 Å². The first kappa shape index (κ1) is 27.8. The highest BCUT2D eigenvalue weighted by Gasteiger charge is 2.28. The van der Waals surface area contributed by atoms with Crippen LogP contribution in [0.4, 0.5) is 4.39 Å². The molecule has 36 heavy (non-hydrogen) atoms. The molecule has 2 aromatic rings. The lowest BCUT2D eigenvalue weighted by Gasteiger charge is -2.29. The smallest absolute Gasteiger partial charge is 0.243 e. The van der Waals surface area contributed by atoms with Gasteiger partial charge in [0.1, 0.15) is 11.9 Å². The molecule has 0 radical (unpaired) electrons. The van der Waals surface area contributed by atoms with E-state index in [1.54, 1.807) is 43.3 Å². The highest BCUT2D eigenvalue weighted by molar-refractivity contribution is 7.89. The molecule has 0 spiro atoms. The predicted octanol–water partition coefficient (Wildman–Crippen LogP) is 2.46. The Morgan fingerprint density at radius 2 is 1.67 bits per heavy atom. The lowest BCUT2D eigenvalue weighted by molar-refractivity contribution is -0.140. The van der Waals surface area contributed by atoms with Crippen molar-refractivity contribution >= 4 is 21.8 Å². The molecule has 1 saturated heterocycles. The van der Waals surface area contributed by atoms with Crippen LogP contribution in [0, 0.1) is 5.82 Å². The second-order valence-electron chi connectivity index (χ2n) is 8.95. The minimum atomic E-state index is -3.50. The number of aliphatic hydroxyl groups excluding tert-OH is 1. The minimum absolute atomic E-state index is 0.0506. The molecule has 1 fully saturated rings. The number of amides is 2. The van der Waals surface area contributed by atoms with Crippen LogP contribution < -0.4 is 5.32 Å². The number of sulfonamides is 1. The zero-order valence-electron chi connectivity index (χ0n) is 20.5. The molecule has 1 atom stereocenters. The van der Waals surface area contributed by atoms with E-state index < -0.39 is 16.1 Å². The molecule has 1 aliphatic heterocycles. The summed E-state index contributed by atoms with van der Waals surface area (Å²) in [5.41, 5.74) is 1.50. The van der Waals surface area contributed by atoms with Gasteiger partial charge in [0.2, 0.25) is 21.8 Å². The minimum Gasteiger partial charge on any atom is -0.396 e. The van der Waals surface area contributed by atoms with E-state index in [1.165, 1.54) is 21.3 Å². The molecule has 8 nitrogen and oxygen atoms in total. The first-order valence-corrected chi connectivity index (χ1v) is 13.7. The van der Waals surface area contributed by atoms with E-state index in [-0.39, 0.29) is 42.1 Å². The molecule has 196 valence electrons. The van der Waals surface area contributed by atoms with Crippen LogP contribution in [0.5, 0.6) is 0 Å². The molecular formula is C26H34FN3O5S. The molecular weight excluding hydrogens is 485 g/mol. The fraction of sp³-hybridized carbons (Fsp3) is 0.462. The monoisotopic (exact) mass is 519 g/mol. The number of aliphatic hydroxyl groups is 1. The predicted molar refractivity (Wildman–Crippen MR) is 134 cm³/mol. The van der Waals surface area contributed by atoms with Crippen molar-refractivity contribution in [2.24, 2.45) is 0 Å². The second kappa shape index (κ2) is 12.9. The van der Waals surface area contributed by atoms with Crippen molar-refractivity contribution in [3.8, 4) is 0 Å². The number of nitrogens with zero attached hydrogens (tertiary/aromatic N) is 2. The lowest BCUT2D eigenvalue weighted by atomic mass is 10.1. The van der Waals surface area contributed by atoms with Crippen molar-refractivity contribution in [2.75, 3.05) is 26.2 Å². The van der Waals surface area contributed by atoms with Crippen LogP contribution in [-0.2, 0) is 32.6 Å². The van der Waals surface area contributed by atoms with Crippen molar-refractivity contribution in [1.29, 1.82) is 0 Å². The number of halogens is 1. The van der Waals surface area contributed by atoms with E-state index in [0.717, 1.165) is 18.4 Å². The van der Waals surface area contributed by atoms with Gasteiger partial charge in [0, 0.05) is 39.2 Å². The average molecular weight is 520 g/mol. The van der Waals surface area contributed by atoms with Gasteiger partial charge in [-0.1, -0.05) is 24.3 Å². The van der Waals surface area contributed by atoms with Gasteiger partial charge in [-0.2, -0.15) is 4.31 Å². The molecule has 1 aliphatic rings. The topological polar surface area (TPSA) is 107 Å². The lowest BCUT2D eigenvalue weighted by Crippen LogP contribution is -2.48. The van der Waals surface area contributed by atoms with E-state index in [2.05, 4.69) is 5.32 Å². The maximum Gasteiger partial charge on any atom is 0.243 e. The summed E-state index contributed by atoms with van der Waals surface area (Å²) in [4.78, 5) is 27.5. The third kappa shape index (κ3) is 7.35. The number of hydrogen-bond acceptors (Lipinski definition) is 5. The van der Waals surface area contributed by atoms with Crippen LogP contribution in [0.2, 0.25) is 0 Å². The van der Waals surface area contributed by atoms with Gasteiger partial charge >= 0.3 is 0 Å². The van der Waals surface area contributed by atoms with E-state index in [0.29, 0.717) is 38.0 Å². The van der Waals surface area contributed by atoms with E-state index in [1.807, 2.05) is 0 Å². The van der Waals surface area contributed by atoms with Crippen molar-refractivity contribution in [1.82, 2.24) is 14.5 Å². The number of carbonyl (C=O) groups excluding carboxylic acids is 2. The molecule has 10 heteroatoms. The Labute approximate surface area is 212 Å². The van der Waals surface area contributed by atoms with E-state index >= 15 is 0 Å². The van der Waals surface area contributed by atoms with Gasteiger partial charge in [0.25, 0.3) is 0 Å². The van der Waals surface area contributed by atoms with Gasteiger partial charge in [-0.3, -0.25) is 9.59 Å². The van der Waals surface area contributed by atoms with E-state index in [9.17, 15) is 22.4 Å². The Bertz CT molecular complexity index is 1120. The Morgan fingerprint density at radius 3 is 2.28 bits per heavy atom. The highest BCUT2D eigenvalue weighted by Crippen LogP contribution is 2.22. The summed E-state index contributed by atoms with van der Waals surface area (Å²) >= 11 is 0. The molecule has 2 amide bonds. The average Bonchev–Trinajstić information content (AvgIpc) is 3.43. The SMILES string of the molecule is C[C@H](C(=O)NCCCO)N(Cc1ccc(F)cc1)C(=O)CCc1ccc(S(=O)(=O)N2CCCC2)cc1. The molecule has 3 rings (SSSR count). The van der Waals surface area contributed by atoms with Crippen LogP contribution in [0.15, 0.2) is 53.4 Å². The fourth-order valence-electron chi connectivity index (χ4n) is 4.11. The zero-order chi connectivity index (χ0) is 26.1. The first-order chi connectivity index (χ1) is 17.2. The third-order valence-corrected chi connectivity index (χ3v) is 8.23. The largest absolute Gasteiger partial charge is 0.396 e. The molecule has 0 unspecified atom stereocenters. The van der Waals surface area contributed by atoms with Crippen LogP contribution >= 0.6 is 0 Å². The summed E-state index contributed by atoms with van der Waals surface area (Å²) in [6, 6.07) is 11.6. The normalized spacial score (nSPS) is 15.0. The van der Waals surface area contributed by atoms with Crippen molar-refractivity contribution in [3.63, 3.8) is 0 Å². The van der Waals surface area contributed by atoms with Gasteiger partial charge in [-0.25, -0.2) is 12.8 Å². The van der Waals surface area contributed by atoms with Crippen molar-refractivity contribution < 1.29 is 27.5 Å². The second-order valence-corrected chi connectivity index (χ2v) is 10.9. The number of nitrogens with one attached hydrogen (secondary N) is 1. The summed E-state index contributed by atoms with van der Waals surface area (Å²) in [5, 5.41) is 11.7. The third-order valence-electron chi connectivity index (χ3n) is 6.32. The Balaban J connectivity index is 1.67. The highest BCUT2D eigenvalue weighted by atomic mass is 32.2. The van der Waals surface area contributed by atoms with Crippen LogP contribution in [0.25, 0.3) is 0 Å². The molecule has 0 aromatic heterocycles. The quantitative estimate of drug-likeness (QED) is 0.419. The standard InChI is InChI=1S/C26H34FN3O5S/c1-20(26(33)28-15-4-18-31)30(19-22-5-10-23(27)11-6-22)25(32)14-9-21-7-12-24(13-8-21)36(34,35)29-16-2-3-17-29/h5-8,10-13,20,31H,2-4,9,14-19H2,1H3,(H,28,33)/t20-/m1/s1. The van der Waals surface area contributed by atoms with Gasteiger partial charge in [-0.05, 0) is 68.0 Å². The summed E-state index contributed by atoms with van der Waals surface area (Å²) in [5.74, 6) is -0.977. The van der Waals surface area contributed by atoms with Crippen LogP contribution in [0.3, 0.4) is 0 Å². The summed E-state index contributed by atoms with van der Waals surface area (Å²) in [6.07, 6.45) is 2.64. The van der Waals surface area contributed by atoms with Crippen molar-refractivity contribution in [3.05, 3.63) is 65.5 Å². The van der Waals surface area contributed by atoms with Crippen LogP contribution in [-0.4, -0.2) is 66.8 Å². The number of hydrogen-bond donors (Lipinski definition) is 2. The Kier molecular flexibility index (Phi) is 9.98. The maximum atomic E-state index is 13.3. The zero-order valence-corrected chi connectivity index (χ0v) is 21.3. The molecule has 0 saturated carbocycles. The number of carbonyl (C=O) groups is 2. The molecule has 2 N–H and O–H groups in total. The molecule has 1 heterocycles. The van der Waals surface area contributed by atoms with Gasteiger partial charge < -0.3 is 15.3 Å². The Hall–Kier alpha value is -2.82. The Morgan fingerprint density at radius 1 is 1.06 bits per heavy atom. The van der Waals surface area contributed by atoms with E-state index in [4.69, 9.17) is 5.11 Å². The summed E-state index contributed by atoms with van der Waals surface area (Å²) in [7, 11) is -3.50. The van der Waals surface area contributed by atoms with Gasteiger partial charge in [0.15, 0.2) is 0 Å². The van der Waals surface area contributed by atoms with Crippen LogP contribution in [0.1, 0.15) is 43.7 Å². The fourth-order valence-corrected chi connectivity index (χ4v) is 5.63. The van der Waals surface area contributed by atoms with Gasteiger partial charge in [-0.15, -0.1) is 0 Å². The number of aryl methyl sites for hydroxylation is 1. The summed E-state index contributed by atoms with van der Waals surface area (Å²) in [6.45, 7) is 3.09. The molecule has 0 bridgehead atoms.